The molecule has 6 heteroatoms. The molecule has 0 heterocycles. The Kier molecular flexibility index (Phi) is 8.83. The summed E-state index contributed by atoms with van der Waals surface area (Å²) in [4.78, 5) is 11.3. The monoisotopic (exact) mass is 236 g/mol. The molecule has 0 aromatic carbocycles. The van der Waals surface area contributed by atoms with E-state index in [2.05, 4.69) is 0 Å². The maximum atomic E-state index is 11.3. The normalized spacial score (nSPS) is 13.1. The fraction of sp³-hybridized carbons (Fsp3) is 0.889. The van der Waals surface area contributed by atoms with Gasteiger partial charge in [0.15, 0.2) is 5.78 Å². The van der Waals surface area contributed by atoms with Crippen LogP contribution in [0.15, 0.2) is 0 Å². The van der Waals surface area contributed by atoms with Crippen molar-refractivity contribution in [3.8, 4) is 0 Å². The van der Waals surface area contributed by atoms with Crippen molar-refractivity contribution < 1.29 is 22.8 Å². The Hall–Kier alpha value is -0.273. The van der Waals surface area contributed by atoms with Gasteiger partial charge < -0.3 is 18.0 Å². The van der Waals surface area contributed by atoms with Gasteiger partial charge in [0.1, 0.15) is 0 Å². The lowest BCUT2D eigenvalue weighted by Crippen LogP contribution is -2.37. The predicted molar refractivity (Wildman–Crippen MR) is 57.6 cm³/mol. The number of Topliss-reactive ketones (excluding diaryl/α,β-unsaturated/α-hetero) is 1. The summed E-state index contributed by atoms with van der Waals surface area (Å²) in [5.41, 5.74) is 0. The van der Waals surface area contributed by atoms with E-state index in [9.17, 15) is 4.79 Å². The first-order valence-corrected chi connectivity index (χ1v) is 6.55. The van der Waals surface area contributed by atoms with Crippen LogP contribution in [-0.2, 0) is 22.8 Å². The fourth-order valence-electron chi connectivity index (χ4n) is 0.929. The first kappa shape index (κ1) is 14.7. The van der Waals surface area contributed by atoms with Gasteiger partial charge in [-0.1, -0.05) is 6.92 Å². The summed E-state index contributed by atoms with van der Waals surface area (Å²) >= 11 is 0. The zero-order valence-corrected chi connectivity index (χ0v) is 11.0. The molecule has 0 N–H and O–H groups in total. The molecule has 0 bridgehead atoms. The Bertz CT molecular complexity index is 170. The minimum Gasteiger partial charge on any atom is -0.376 e. The van der Waals surface area contributed by atoms with Crippen LogP contribution in [-0.4, -0.2) is 41.9 Å². The lowest BCUT2D eigenvalue weighted by molar-refractivity contribution is -0.151. The van der Waals surface area contributed by atoms with Crippen LogP contribution in [0.1, 0.15) is 27.2 Å². The first-order valence-electron chi connectivity index (χ1n) is 5.13. The quantitative estimate of drug-likeness (QED) is 0.437. The van der Waals surface area contributed by atoms with E-state index in [1.807, 2.05) is 13.8 Å². The lowest BCUT2D eigenvalue weighted by atomic mass is 10.3. The van der Waals surface area contributed by atoms with Gasteiger partial charge in [0.2, 0.25) is 6.29 Å². The summed E-state index contributed by atoms with van der Waals surface area (Å²) in [5.74, 6) is -0.102. The van der Waals surface area contributed by atoms with Crippen molar-refractivity contribution in [1.29, 1.82) is 0 Å². The fourth-order valence-corrected chi connectivity index (χ4v) is 2.19. The van der Waals surface area contributed by atoms with Crippen LogP contribution in [0.5, 0.6) is 0 Å². The highest BCUT2D eigenvalue weighted by molar-refractivity contribution is 6.36. The van der Waals surface area contributed by atoms with Crippen molar-refractivity contribution in [2.75, 3.05) is 20.3 Å². The van der Waals surface area contributed by atoms with E-state index in [0.717, 1.165) is 0 Å². The average Bonchev–Trinajstić information content (AvgIpc) is 2.25. The Balaban J connectivity index is 4.14. The van der Waals surface area contributed by atoms with Gasteiger partial charge in [-0.15, -0.1) is 0 Å². The second kappa shape index (κ2) is 8.99. The van der Waals surface area contributed by atoms with Crippen molar-refractivity contribution in [3.05, 3.63) is 0 Å². The summed E-state index contributed by atoms with van der Waals surface area (Å²) in [7, 11) is -0.793. The molecule has 0 rings (SSSR count). The van der Waals surface area contributed by atoms with Crippen LogP contribution in [0.25, 0.3) is 0 Å². The summed E-state index contributed by atoms with van der Waals surface area (Å²) in [6, 6.07) is 0. The lowest BCUT2D eigenvalue weighted by Gasteiger charge is -2.20. The third-order valence-corrected chi connectivity index (χ3v) is 3.35. The molecule has 1 atom stereocenters. The molecular weight excluding hydrogens is 216 g/mol. The maximum Gasteiger partial charge on any atom is 0.486 e. The largest absolute Gasteiger partial charge is 0.486 e. The van der Waals surface area contributed by atoms with E-state index in [0.29, 0.717) is 19.6 Å². The molecule has 15 heavy (non-hydrogen) atoms. The molecule has 0 saturated carbocycles. The van der Waals surface area contributed by atoms with E-state index in [1.54, 1.807) is 6.92 Å². The smallest absolute Gasteiger partial charge is 0.376 e. The summed E-state index contributed by atoms with van der Waals surface area (Å²) in [6.07, 6.45) is -0.484. The molecule has 0 aromatic heterocycles. The Morgan fingerprint density at radius 2 is 1.73 bits per heavy atom. The number of ether oxygens (including phenoxy) is 1. The molecule has 1 unspecified atom stereocenters. The van der Waals surface area contributed by atoms with E-state index >= 15 is 0 Å². The first-order chi connectivity index (χ1) is 7.19. The van der Waals surface area contributed by atoms with Crippen molar-refractivity contribution >= 4 is 15.3 Å². The van der Waals surface area contributed by atoms with E-state index in [4.69, 9.17) is 18.0 Å². The molecule has 0 aliphatic heterocycles. The molecule has 0 aliphatic rings. The zero-order chi connectivity index (χ0) is 11.7. The highest BCUT2D eigenvalue weighted by Crippen LogP contribution is 2.03. The molecule has 5 nitrogen and oxygen atoms in total. The Labute approximate surface area is 92.6 Å². The van der Waals surface area contributed by atoms with Gasteiger partial charge in [0, 0.05) is 26.7 Å². The summed E-state index contributed by atoms with van der Waals surface area (Å²) in [5, 5.41) is 0. The van der Waals surface area contributed by atoms with Crippen molar-refractivity contribution in [2.24, 2.45) is 0 Å². The Morgan fingerprint density at radius 3 is 2.07 bits per heavy atom. The average molecular weight is 236 g/mol. The van der Waals surface area contributed by atoms with Gasteiger partial charge in [-0.3, -0.25) is 4.79 Å². The van der Waals surface area contributed by atoms with Crippen molar-refractivity contribution in [3.63, 3.8) is 0 Å². The number of methoxy groups -OCH3 is 1. The van der Waals surface area contributed by atoms with Gasteiger partial charge in [0.25, 0.3) is 0 Å². The van der Waals surface area contributed by atoms with Gasteiger partial charge in [-0.2, -0.15) is 0 Å². The van der Waals surface area contributed by atoms with Gasteiger partial charge in [-0.05, 0) is 13.8 Å². The highest BCUT2D eigenvalue weighted by Gasteiger charge is 2.24. The minimum absolute atomic E-state index is 0.102. The van der Waals surface area contributed by atoms with Crippen LogP contribution in [0.3, 0.4) is 0 Å². The molecule has 90 valence electrons. The number of ketones is 1. The second-order valence-corrected chi connectivity index (χ2v) is 4.24. The van der Waals surface area contributed by atoms with Gasteiger partial charge in [0.05, 0.1) is 0 Å². The van der Waals surface area contributed by atoms with E-state index < -0.39 is 15.8 Å². The van der Waals surface area contributed by atoms with Crippen LogP contribution >= 0.6 is 0 Å². The third kappa shape index (κ3) is 6.01. The summed E-state index contributed by atoms with van der Waals surface area (Å²) in [6.45, 7) is 6.48. The number of rotatable bonds is 9. The number of hydrogen-bond acceptors (Lipinski definition) is 5. The van der Waals surface area contributed by atoms with Crippen LogP contribution < -0.4 is 0 Å². The minimum atomic E-state index is -2.23. The third-order valence-electron chi connectivity index (χ3n) is 1.67. The maximum absolute atomic E-state index is 11.3. The summed E-state index contributed by atoms with van der Waals surface area (Å²) < 4.78 is 20.8. The van der Waals surface area contributed by atoms with Crippen LogP contribution in [0, 0.1) is 0 Å². The highest BCUT2D eigenvalue weighted by atomic mass is 28.3. The van der Waals surface area contributed by atoms with E-state index in [1.165, 1.54) is 7.11 Å². The van der Waals surface area contributed by atoms with Gasteiger partial charge >= 0.3 is 9.53 Å². The van der Waals surface area contributed by atoms with Crippen LogP contribution in [0.4, 0.5) is 0 Å². The molecule has 0 saturated heterocycles. The zero-order valence-electron chi connectivity index (χ0n) is 9.82. The molecular formula is C9H20O5Si. The molecule has 0 fully saturated rings. The topological polar surface area (TPSA) is 54.0 Å². The van der Waals surface area contributed by atoms with E-state index in [-0.39, 0.29) is 5.78 Å². The second-order valence-electron chi connectivity index (χ2n) is 2.72. The number of carbonyl (C=O) groups excluding carboxylic acids is 1. The molecule has 0 aliphatic carbocycles. The Morgan fingerprint density at radius 1 is 1.20 bits per heavy atom. The molecule has 0 spiro atoms. The number of carbonyl (C=O) groups is 1. The van der Waals surface area contributed by atoms with Crippen LogP contribution in [0.2, 0.25) is 0 Å². The van der Waals surface area contributed by atoms with Crippen molar-refractivity contribution in [1.82, 2.24) is 0 Å². The number of hydrogen-bond donors (Lipinski definition) is 0. The predicted octanol–water partition coefficient (Wildman–Crippen LogP) is 0.745. The van der Waals surface area contributed by atoms with Gasteiger partial charge in [-0.25, -0.2) is 0 Å². The van der Waals surface area contributed by atoms with Crippen molar-refractivity contribution in [2.45, 2.75) is 33.5 Å². The standard InChI is InChI=1S/C9H20O5Si/c1-5-8(10)9(11-4)14-15(12-6-2)13-7-3/h9,15H,5-7H2,1-4H3. The molecule has 0 radical (unpaired) electrons. The SMILES string of the molecule is CCO[SiH](OCC)OC(OC)C(=O)CC. The molecule has 0 amide bonds. The molecule has 0 aromatic rings.